The van der Waals surface area contributed by atoms with Crippen molar-refractivity contribution >= 4 is 22.7 Å². The molecule has 158 valence electrons. The molecule has 0 heterocycles. The van der Waals surface area contributed by atoms with Crippen LogP contribution in [0.15, 0.2) is 103 Å². The Balaban J connectivity index is 1.52. The summed E-state index contributed by atoms with van der Waals surface area (Å²) < 4.78 is 5.83. The van der Waals surface area contributed by atoms with Crippen LogP contribution in [0.2, 0.25) is 0 Å². The van der Waals surface area contributed by atoms with Gasteiger partial charge in [0.25, 0.3) is 0 Å². The van der Waals surface area contributed by atoms with Gasteiger partial charge in [-0.1, -0.05) is 91.0 Å². The molecule has 0 amide bonds. The fourth-order valence-electron chi connectivity index (χ4n) is 4.94. The van der Waals surface area contributed by atoms with Crippen LogP contribution in [0, 0.1) is 11.8 Å². The highest BCUT2D eigenvalue weighted by Crippen LogP contribution is 2.58. The summed E-state index contributed by atoms with van der Waals surface area (Å²) in [5, 5.41) is 12.1. The molecule has 1 aliphatic rings. The molecule has 1 saturated carbocycles. The zero-order valence-electron chi connectivity index (χ0n) is 17.3. The maximum Gasteiger partial charge on any atom is 0.315 e. The summed E-state index contributed by atoms with van der Waals surface area (Å²) in [6, 6.07) is 32.2. The third-order valence-electron chi connectivity index (χ3n) is 6.41. The van der Waals surface area contributed by atoms with Gasteiger partial charge in [-0.15, -0.1) is 0 Å². The van der Waals surface area contributed by atoms with Crippen molar-refractivity contribution in [2.24, 2.45) is 11.8 Å². The number of fused-ring (bicyclic) bond motifs is 1. The number of carbonyl (C=O) groups excluding carboxylic acids is 1. The average Bonchev–Trinajstić information content (AvgIpc) is 2.79. The lowest BCUT2D eigenvalue weighted by molar-refractivity contribution is -0.158. The molecule has 0 radical (unpaired) electrons. The van der Waals surface area contributed by atoms with Gasteiger partial charge < -0.3 is 9.84 Å². The molecule has 4 heteroatoms. The minimum Gasteiger partial charge on any atom is -0.481 e. The van der Waals surface area contributed by atoms with E-state index in [1.165, 1.54) is 0 Å². The van der Waals surface area contributed by atoms with Crippen LogP contribution in [-0.2, 0) is 9.59 Å². The van der Waals surface area contributed by atoms with Gasteiger partial charge in [-0.25, -0.2) is 0 Å². The molecule has 1 fully saturated rings. The minimum absolute atomic E-state index is 0.402. The fraction of sp³-hybridized carbons (Fsp3) is 0.143. The van der Waals surface area contributed by atoms with Gasteiger partial charge in [0.15, 0.2) is 0 Å². The van der Waals surface area contributed by atoms with Gasteiger partial charge in [0.1, 0.15) is 5.75 Å². The number of rotatable bonds is 5. The molecule has 0 saturated heterocycles. The summed E-state index contributed by atoms with van der Waals surface area (Å²) >= 11 is 0. The summed E-state index contributed by atoms with van der Waals surface area (Å²) in [4.78, 5) is 25.7. The largest absolute Gasteiger partial charge is 0.481 e. The summed E-state index contributed by atoms with van der Waals surface area (Å²) in [7, 11) is 0. The first-order valence-corrected chi connectivity index (χ1v) is 10.7. The minimum atomic E-state index is -0.900. The molecule has 0 aliphatic heterocycles. The summed E-state index contributed by atoms with van der Waals surface area (Å²) in [6.45, 7) is 0. The molecular formula is C28H22O4. The number of aliphatic carboxylic acids is 1. The predicted molar refractivity (Wildman–Crippen MR) is 123 cm³/mol. The Labute approximate surface area is 186 Å². The van der Waals surface area contributed by atoms with Gasteiger partial charge >= 0.3 is 11.9 Å². The second-order valence-electron chi connectivity index (χ2n) is 8.19. The smallest absolute Gasteiger partial charge is 0.315 e. The van der Waals surface area contributed by atoms with Crippen molar-refractivity contribution in [3.63, 3.8) is 0 Å². The van der Waals surface area contributed by atoms with E-state index in [4.69, 9.17) is 4.74 Å². The van der Waals surface area contributed by atoms with Gasteiger partial charge in [-0.3, -0.25) is 9.59 Å². The molecule has 1 N–H and O–H groups in total. The number of carboxylic acids is 1. The maximum absolute atomic E-state index is 13.5. The van der Waals surface area contributed by atoms with Gasteiger partial charge in [0.2, 0.25) is 0 Å². The van der Waals surface area contributed by atoms with E-state index in [0.717, 1.165) is 21.9 Å². The van der Waals surface area contributed by atoms with Gasteiger partial charge in [0.05, 0.1) is 11.8 Å². The molecule has 4 nitrogen and oxygen atoms in total. The fourth-order valence-corrected chi connectivity index (χ4v) is 4.94. The lowest BCUT2D eigenvalue weighted by Crippen LogP contribution is -2.52. The molecule has 4 aromatic carbocycles. The SMILES string of the molecule is O=C(O)C1C(c2ccccc2)C(C(=O)Oc2ccc3ccccc3c2)C1c1ccccc1. The van der Waals surface area contributed by atoms with Crippen molar-refractivity contribution in [2.75, 3.05) is 0 Å². The van der Waals surface area contributed by atoms with Crippen molar-refractivity contribution in [2.45, 2.75) is 11.8 Å². The third kappa shape index (κ3) is 3.54. The predicted octanol–water partition coefficient (Wildman–Crippen LogP) is 5.64. The number of hydrogen-bond acceptors (Lipinski definition) is 3. The van der Waals surface area contributed by atoms with Crippen molar-refractivity contribution in [3.8, 4) is 5.75 Å². The number of carboxylic acid groups (broad SMARTS) is 1. The molecule has 0 bridgehead atoms. The van der Waals surface area contributed by atoms with E-state index in [9.17, 15) is 14.7 Å². The van der Waals surface area contributed by atoms with Crippen LogP contribution < -0.4 is 4.74 Å². The molecule has 2 unspecified atom stereocenters. The Hall–Kier alpha value is -3.92. The molecule has 1 aliphatic carbocycles. The molecule has 4 aromatic rings. The van der Waals surface area contributed by atoms with Crippen molar-refractivity contribution in [1.82, 2.24) is 0 Å². The van der Waals surface area contributed by atoms with Crippen LogP contribution in [0.3, 0.4) is 0 Å². The van der Waals surface area contributed by atoms with Crippen LogP contribution in [0.1, 0.15) is 23.0 Å². The highest BCUT2D eigenvalue weighted by molar-refractivity contribution is 5.87. The first-order valence-electron chi connectivity index (χ1n) is 10.7. The Morgan fingerprint density at radius 1 is 0.625 bits per heavy atom. The zero-order valence-corrected chi connectivity index (χ0v) is 17.3. The second kappa shape index (κ2) is 8.31. The first kappa shape index (κ1) is 20.0. The van der Waals surface area contributed by atoms with E-state index in [1.54, 1.807) is 6.07 Å². The maximum atomic E-state index is 13.5. The van der Waals surface area contributed by atoms with E-state index in [-0.39, 0.29) is 0 Å². The molecular weight excluding hydrogens is 400 g/mol. The van der Waals surface area contributed by atoms with E-state index in [1.807, 2.05) is 97.1 Å². The Morgan fingerprint density at radius 2 is 1.16 bits per heavy atom. The highest BCUT2D eigenvalue weighted by atomic mass is 16.5. The first-order chi connectivity index (χ1) is 15.6. The number of carbonyl (C=O) groups is 2. The summed E-state index contributed by atoms with van der Waals surface area (Å²) in [5.74, 6) is -3.03. The highest BCUT2D eigenvalue weighted by Gasteiger charge is 2.59. The summed E-state index contributed by atoms with van der Waals surface area (Å²) in [5.41, 5.74) is 1.68. The lowest BCUT2D eigenvalue weighted by atomic mass is 9.52. The van der Waals surface area contributed by atoms with E-state index >= 15 is 0 Å². The Kier molecular flexibility index (Phi) is 5.20. The second-order valence-corrected chi connectivity index (χ2v) is 8.19. The number of esters is 1. The van der Waals surface area contributed by atoms with Crippen molar-refractivity contribution in [3.05, 3.63) is 114 Å². The van der Waals surface area contributed by atoms with Crippen LogP contribution >= 0.6 is 0 Å². The normalized spacial score (nSPS) is 22.1. The lowest BCUT2D eigenvalue weighted by Gasteiger charge is -2.48. The van der Waals surface area contributed by atoms with Crippen molar-refractivity contribution < 1.29 is 19.4 Å². The molecule has 5 rings (SSSR count). The summed E-state index contributed by atoms with van der Waals surface area (Å²) in [6.07, 6.45) is 0. The van der Waals surface area contributed by atoms with Crippen LogP contribution in [-0.4, -0.2) is 17.0 Å². The van der Waals surface area contributed by atoms with E-state index in [2.05, 4.69) is 0 Å². The Bertz CT molecular complexity index is 1220. The zero-order chi connectivity index (χ0) is 22.1. The van der Waals surface area contributed by atoms with Crippen LogP contribution in [0.25, 0.3) is 10.8 Å². The van der Waals surface area contributed by atoms with Gasteiger partial charge in [0, 0.05) is 11.8 Å². The van der Waals surface area contributed by atoms with E-state index in [0.29, 0.717) is 5.75 Å². The van der Waals surface area contributed by atoms with Crippen LogP contribution in [0.4, 0.5) is 0 Å². The average molecular weight is 422 g/mol. The molecule has 0 spiro atoms. The number of hydrogen-bond donors (Lipinski definition) is 1. The molecule has 0 aromatic heterocycles. The quantitative estimate of drug-likeness (QED) is 0.334. The van der Waals surface area contributed by atoms with Crippen LogP contribution in [0.5, 0.6) is 5.75 Å². The molecule has 32 heavy (non-hydrogen) atoms. The Morgan fingerprint density at radius 3 is 1.72 bits per heavy atom. The van der Waals surface area contributed by atoms with Crippen molar-refractivity contribution in [1.29, 1.82) is 0 Å². The van der Waals surface area contributed by atoms with Gasteiger partial charge in [-0.05, 0) is 34.0 Å². The third-order valence-corrected chi connectivity index (χ3v) is 6.41. The van der Waals surface area contributed by atoms with Gasteiger partial charge in [-0.2, -0.15) is 0 Å². The topological polar surface area (TPSA) is 63.6 Å². The standard InChI is InChI=1S/C28H22O4/c29-27(30)25-23(19-10-3-1-4-11-19)26(24(25)20-12-5-2-6-13-20)28(31)32-22-16-15-18-9-7-8-14-21(18)17-22/h1-17,23-26H,(H,29,30). The molecule has 2 atom stereocenters. The monoisotopic (exact) mass is 422 g/mol. The van der Waals surface area contributed by atoms with E-state index < -0.39 is 35.6 Å². The number of benzene rings is 4. The number of ether oxygens (including phenoxy) is 1.